The average Bonchev–Trinajstić information content (AvgIpc) is 3.11. The molecule has 1 aliphatic heterocycles. The summed E-state index contributed by atoms with van der Waals surface area (Å²) in [5, 5.41) is 4.23. The fraction of sp³-hybridized carbons (Fsp3) is 0.318. The van der Waals surface area contributed by atoms with Gasteiger partial charge in [0.15, 0.2) is 0 Å². The first-order valence-electron chi connectivity index (χ1n) is 9.31. The summed E-state index contributed by atoms with van der Waals surface area (Å²) in [7, 11) is 1.94. The third-order valence-corrected chi connectivity index (χ3v) is 5.20. The number of carbonyl (C=O) groups excluding carboxylic acids is 1. The fourth-order valence-corrected chi connectivity index (χ4v) is 3.52. The van der Waals surface area contributed by atoms with Gasteiger partial charge in [-0.05, 0) is 32.2 Å². The molecule has 5 heteroatoms. The van der Waals surface area contributed by atoms with Crippen molar-refractivity contribution < 1.29 is 13.9 Å². The molecule has 1 N–H and O–H groups in total. The predicted octanol–water partition coefficient (Wildman–Crippen LogP) is 4.07. The second-order valence-electron chi connectivity index (χ2n) is 7.07. The van der Waals surface area contributed by atoms with Crippen molar-refractivity contribution in [1.82, 2.24) is 10.2 Å². The molecule has 0 bridgehead atoms. The summed E-state index contributed by atoms with van der Waals surface area (Å²) in [5.74, 6) is 1.73. The number of furan rings is 1. The van der Waals surface area contributed by atoms with Crippen molar-refractivity contribution in [2.24, 2.45) is 0 Å². The van der Waals surface area contributed by atoms with Gasteiger partial charge in [-0.2, -0.15) is 0 Å². The monoisotopic (exact) mass is 364 g/mol. The van der Waals surface area contributed by atoms with E-state index in [4.69, 9.17) is 9.15 Å². The minimum atomic E-state index is -0.00245. The van der Waals surface area contributed by atoms with Crippen LogP contribution in [0.1, 0.15) is 36.8 Å². The van der Waals surface area contributed by atoms with Crippen LogP contribution in [0, 0.1) is 0 Å². The number of fused-ring (bicyclic) bond motifs is 2. The maximum atomic E-state index is 12.6. The quantitative estimate of drug-likeness (QED) is 0.742. The largest absolute Gasteiger partial charge is 0.493 e. The van der Waals surface area contributed by atoms with Gasteiger partial charge in [0.05, 0.1) is 25.2 Å². The number of likely N-dealkylation sites (N-methyl/N-ethyl adjacent to an activating group) is 1. The number of amides is 1. The predicted molar refractivity (Wildman–Crippen MR) is 105 cm³/mol. The minimum absolute atomic E-state index is 0.00200. The summed E-state index contributed by atoms with van der Waals surface area (Å²) in [5.41, 5.74) is 1.92. The lowest BCUT2D eigenvalue weighted by Crippen LogP contribution is -2.39. The van der Waals surface area contributed by atoms with Crippen LogP contribution >= 0.6 is 0 Å². The summed E-state index contributed by atoms with van der Waals surface area (Å²) in [4.78, 5) is 14.6. The van der Waals surface area contributed by atoms with Gasteiger partial charge in [0, 0.05) is 17.4 Å². The summed E-state index contributed by atoms with van der Waals surface area (Å²) < 4.78 is 11.6. The van der Waals surface area contributed by atoms with Crippen LogP contribution in [-0.4, -0.2) is 31.0 Å². The first kappa shape index (κ1) is 17.6. The van der Waals surface area contributed by atoms with Crippen molar-refractivity contribution in [3.05, 3.63) is 65.9 Å². The van der Waals surface area contributed by atoms with E-state index in [0.717, 1.165) is 34.5 Å². The summed E-state index contributed by atoms with van der Waals surface area (Å²) in [6.45, 7) is 2.97. The molecule has 5 nitrogen and oxygen atoms in total. The smallest absolute Gasteiger partial charge is 0.234 e. The van der Waals surface area contributed by atoms with Crippen molar-refractivity contribution in [3.63, 3.8) is 0 Å². The van der Waals surface area contributed by atoms with Crippen molar-refractivity contribution in [2.75, 3.05) is 20.2 Å². The van der Waals surface area contributed by atoms with Crippen molar-refractivity contribution >= 4 is 16.9 Å². The Bertz CT molecular complexity index is 916. The zero-order chi connectivity index (χ0) is 18.8. The van der Waals surface area contributed by atoms with Crippen molar-refractivity contribution in [2.45, 2.75) is 25.4 Å². The molecule has 0 saturated heterocycles. The molecule has 0 fully saturated rings. The van der Waals surface area contributed by atoms with Crippen LogP contribution < -0.4 is 10.1 Å². The average molecular weight is 364 g/mol. The first-order chi connectivity index (χ1) is 13.1. The second-order valence-corrected chi connectivity index (χ2v) is 7.07. The lowest BCUT2D eigenvalue weighted by atomic mass is 10.0. The van der Waals surface area contributed by atoms with Crippen LogP contribution in [0.4, 0.5) is 0 Å². The van der Waals surface area contributed by atoms with Gasteiger partial charge < -0.3 is 14.5 Å². The Hall–Kier alpha value is -2.79. The molecule has 2 heterocycles. The highest BCUT2D eigenvalue weighted by Gasteiger charge is 2.24. The minimum Gasteiger partial charge on any atom is -0.493 e. The van der Waals surface area contributed by atoms with Gasteiger partial charge >= 0.3 is 0 Å². The Balaban J connectivity index is 1.40. The molecule has 2 aromatic carbocycles. The summed E-state index contributed by atoms with van der Waals surface area (Å²) in [6.07, 6.45) is 0.783. The molecule has 140 valence electrons. The van der Waals surface area contributed by atoms with Crippen molar-refractivity contribution in [1.29, 1.82) is 0 Å². The number of nitrogens with one attached hydrogen (secondary N) is 1. The SMILES string of the molecule is CC(c1cc2ccccc2o1)N(C)CC(=O)NC1CCOc2ccccc21. The third-order valence-electron chi connectivity index (χ3n) is 5.20. The Kier molecular flexibility index (Phi) is 4.86. The summed E-state index contributed by atoms with van der Waals surface area (Å²) in [6, 6.07) is 17.9. The van der Waals surface area contributed by atoms with Crippen molar-refractivity contribution in [3.8, 4) is 5.75 Å². The van der Waals surface area contributed by atoms with E-state index in [1.165, 1.54) is 0 Å². The molecule has 0 aliphatic carbocycles. The number of benzene rings is 2. The standard InChI is InChI=1S/C22H24N2O3/c1-15(21-13-16-7-3-5-9-19(16)27-21)24(2)14-22(25)23-18-11-12-26-20-10-6-4-8-17(18)20/h3-10,13,15,18H,11-12,14H2,1-2H3,(H,23,25). The number of carbonyl (C=O) groups is 1. The van der Waals surface area contributed by atoms with Gasteiger partial charge in [-0.15, -0.1) is 0 Å². The van der Waals surface area contributed by atoms with Gasteiger partial charge in [0.2, 0.25) is 5.91 Å². The van der Waals surface area contributed by atoms with E-state index in [1.807, 2.05) is 66.5 Å². The highest BCUT2D eigenvalue weighted by atomic mass is 16.5. The van der Waals surface area contributed by atoms with Crippen LogP contribution in [0.3, 0.4) is 0 Å². The molecule has 27 heavy (non-hydrogen) atoms. The van der Waals surface area contributed by atoms with Gasteiger partial charge in [0.1, 0.15) is 17.1 Å². The number of hydrogen-bond acceptors (Lipinski definition) is 4. The topological polar surface area (TPSA) is 54.7 Å². The molecular formula is C22H24N2O3. The van der Waals surface area contributed by atoms with E-state index < -0.39 is 0 Å². The maximum Gasteiger partial charge on any atom is 0.234 e. The molecule has 3 aromatic rings. The van der Waals surface area contributed by atoms with E-state index in [1.54, 1.807) is 0 Å². The van der Waals surface area contributed by atoms with E-state index in [9.17, 15) is 4.79 Å². The normalized spacial score (nSPS) is 17.4. The molecule has 2 unspecified atom stereocenters. The van der Waals surface area contributed by atoms with E-state index in [0.29, 0.717) is 13.2 Å². The highest BCUT2D eigenvalue weighted by Crippen LogP contribution is 2.31. The number of hydrogen-bond donors (Lipinski definition) is 1. The first-order valence-corrected chi connectivity index (χ1v) is 9.31. The molecule has 4 rings (SSSR count). The number of ether oxygens (including phenoxy) is 1. The van der Waals surface area contributed by atoms with Gasteiger partial charge in [-0.3, -0.25) is 9.69 Å². The molecular weight excluding hydrogens is 340 g/mol. The molecule has 0 spiro atoms. The highest BCUT2D eigenvalue weighted by molar-refractivity contribution is 5.79. The van der Waals surface area contributed by atoms with Crippen LogP contribution in [0.5, 0.6) is 5.75 Å². The number of nitrogens with zero attached hydrogens (tertiary/aromatic N) is 1. The Morgan fingerprint density at radius 2 is 2.00 bits per heavy atom. The number of para-hydroxylation sites is 2. The van der Waals surface area contributed by atoms with Gasteiger partial charge in [0.25, 0.3) is 0 Å². The second kappa shape index (κ2) is 7.45. The fourth-order valence-electron chi connectivity index (χ4n) is 3.52. The van der Waals surface area contributed by atoms with Crippen LogP contribution in [0.2, 0.25) is 0 Å². The van der Waals surface area contributed by atoms with E-state index >= 15 is 0 Å². The number of rotatable bonds is 5. The third kappa shape index (κ3) is 3.69. The Morgan fingerprint density at radius 1 is 1.22 bits per heavy atom. The van der Waals surface area contributed by atoms with Crippen LogP contribution in [0.25, 0.3) is 11.0 Å². The Morgan fingerprint density at radius 3 is 2.85 bits per heavy atom. The molecule has 1 amide bonds. The van der Waals surface area contributed by atoms with Crippen LogP contribution in [-0.2, 0) is 4.79 Å². The van der Waals surface area contributed by atoms with Crippen LogP contribution in [0.15, 0.2) is 59.0 Å². The van der Waals surface area contributed by atoms with E-state index in [-0.39, 0.29) is 18.0 Å². The molecule has 1 aliphatic rings. The summed E-state index contributed by atoms with van der Waals surface area (Å²) >= 11 is 0. The van der Waals surface area contributed by atoms with Gasteiger partial charge in [-0.1, -0.05) is 36.4 Å². The van der Waals surface area contributed by atoms with E-state index in [2.05, 4.69) is 12.2 Å². The molecule has 2 atom stereocenters. The molecule has 0 radical (unpaired) electrons. The molecule has 0 saturated carbocycles. The lowest BCUT2D eigenvalue weighted by Gasteiger charge is -2.28. The maximum absolute atomic E-state index is 12.6. The van der Waals surface area contributed by atoms with Gasteiger partial charge in [-0.25, -0.2) is 0 Å². The zero-order valence-electron chi connectivity index (χ0n) is 15.6. The lowest BCUT2D eigenvalue weighted by molar-refractivity contribution is -0.123. The molecule has 1 aromatic heterocycles. The Labute approximate surface area is 158 Å². The zero-order valence-corrected chi connectivity index (χ0v) is 15.6.